The van der Waals surface area contributed by atoms with Crippen LogP contribution < -0.4 is 10.6 Å². The molecule has 82 valence electrons. The largest absolute Gasteiger partial charge is 0.382 e. The van der Waals surface area contributed by atoms with E-state index in [1.54, 1.807) is 0 Å². The van der Waals surface area contributed by atoms with Gasteiger partial charge in [0.1, 0.15) is 0 Å². The van der Waals surface area contributed by atoms with Gasteiger partial charge in [-0.2, -0.15) is 0 Å². The SMILES string of the molecule is CNCCC1CCc2cc(C)ccc2N1. The van der Waals surface area contributed by atoms with Crippen LogP contribution in [0.25, 0.3) is 0 Å². The number of anilines is 1. The molecule has 1 unspecified atom stereocenters. The topological polar surface area (TPSA) is 24.1 Å². The zero-order chi connectivity index (χ0) is 10.7. The Morgan fingerprint density at radius 2 is 2.33 bits per heavy atom. The van der Waals surface area contributed by atoms with Gasteiger partial charge in [-0.25, -0.2) is 0 Å². The molecule has 2 N–H and O–H groups in total. The molecule has 1 heterocycles. The summed E-state index contributed by atoms with van der Waals surface area (Å²) in [5.41, 5.74) is 4.19. The lowest BCUT2D eigenvalue weighted by atomic mass is 9.95. The molecule has 1 aliphatic heterocycles. The lowest BCUT2D eigenvalue weighted by Gasteiger charge is -2.27. The molecule has 1 aliphatic rings. The van der Waals surface area contributed by atoms with Gasteiger partial charge in [0, 0.05) is 11.7 Å². The molecule has 2 nitrogen and oxygen atoms in total. The Balaban J connectivity index is 2.03. The molecule has 0 aromatic heterocycles. The number of nitrogens with one attached hydrogen (secondary N) is 2. The first-order valence-corrected chi connectivity index (χ1v) is 5.80. The predicted octanol–water partition coefficient (Wildman–Crippen LogP) is 2.33. The van der Waals surface area contributed by atoms with Gasteiger partial charge in [-0.1, -0.05) is 17.7 Å². The molecular weight excluding hydrogens is 184 g/mol. The van der Waals surface area contributed by atoms with Crippen molar-refractivity contribution in [3.63, 3.8) is 0 Å². The quantitative estimate of drug-likeness (QED) is 0.789. The summed E-state index contributed by atoms with van der Waals surface area (Å²) in [4.78, 5) is 0. The number of aryl methyl sites for hydroxylation is 2. The van der Waals surface area contributed by atoms with Crippen molar-refractivity contribution in [2.75, 3.05) is 18.9 Å². The van der Waals surface area contributed by atoms with Crippen LogP contribution in [0.4, 0.5) is 5.69 Å². The summed E-state index contributed by atoms with van der Waals surface area (Å²) in [5, 5.41) is 6.83. The van der Waals surface area contributed by atoms with E-state index in [1.165, 1.54) is 36.1 Å². The maximum Gasteiger partial charge on any atom is 0.0375 e. The Labute approximate surface area is 92.1 Å². The van der Waals surface area contributed by atoms with Crippen LogP contribution in [0.2, 0.25) is 0 Å². The fraction of sp³-hybridized carbons (Fsp3) is 0.538. The summed E-state index contributed by atoms with van der Waals surface area (Å²) in [6, 6.07) is 7.35. The molecule has 0 radical (unpaired) electrons. The van der Waals surface area contributed by atoms with E-state index in [1.807, 2.05) is 7.05 Å². The summed E-state index contributed by atoms with van der Waals surface area (Å²) >= 11 is 0. The van der Waals surface area contributed by atoms with Crippen LogP contribution in [0.1, 0.15) is 24.0 Å². The molecule has 1 aromatic rings. The normalized spacial score (nSPS) is 19.5. The number of rotatable bonds is 3. The average molecular weight is 204 g/mol. The minimum Gasteiger partial charge on any atom is -0.382 e. The lowest BCUT2D eigenvalue weighted by Crippen LogP contribution is -2.28. The van der Waals surface area contributed by atoms with Crippen LogP contribution in [0, 0.1) is 6.92 Å². The smallest absolute Gasteiger partial charge is 0.0375 e. The molecule has 1 atom stereocenters. The van der Waals surface area contributed by atoms with Gasteiger partial charge >= 0.3 is 0 Å². The van der Waals surface area contributed by atoms with Crippen LogP contribution in [-0.4, -0.2) is 19.6 Å². The minimum atomic E-state index is 0.646. The molecule has 2 heteroatoms. The Kier molecular flexibility index (Phi) is 3.27. The van der Waals surface area contributed by atoms with Crippen molar-refractivity contribution in [1.29, 1.82) is 0 Å². The van der Waals surface area contributed by atoms with E-state index in [0.29, 0.717) is 6.04 Å². The Morgan fingerprint density at radius 1 is 1.47 bits per heavy atom. The molecular formula is C13H20N2. The van der Waals surface area contributed by atoms with E-state index in [9.17, 15) is 0 Å². The lowest BCUT2D eigenvalue weighted by molar-refractivity contribution is 0.567. The van der Waals surface area contributed by atoms with Crippen molar-refractivity contribution in [1.82, 2.24) is 5.32 Å². The van der Waals surface area contributed by atoms with Gasteiger partial charge in [-0.15, -0.1) is 0 Å². The summed E-state index contributed by atoms with van der Waals surface area (Å²) < 4.78 is 0. The second kappa shape index (κ2) is 4.67. The fourth-order valence-corrected chi connectivity index (χ4v) is 2.23. The maximum atomic E-state index is 3.62. The summed E-state index contributed by atoms with van der Waals surface area (Å²) in [6.45, 7) is 3.26. The zero-order valence-electron chi connectivity index (χ0n) is 9.64. The van der Waals surface area contributed by atoms with Crippen LogP contribution in [0.5, 0.6) is 0 Å². The summed E-state index contributed by atoms with van der Waals surface area (Å²) in [6.07, 6.45) is 3.69. The van der Waals surface area contributed by atoms with E-state index in [-0.39, 0.29) is 0 Å². The first-order valence-electron chi connectivity index (χ1n) is 5.80. The standard InChI is InChI=1S/C13H20N2/c1-10-3-6-13-11(9-10)4-5-12(15-13)7-8-14-2/h3,6,9,12,14-15H,4-5,7-8H2,1-2H3. The first-order chi connectivity index (χ1) is 7.29. The third-order valence-corrected chi connectivity index (χ3v) is 3.13. The molecule has 1 aromatic carbocycles. The van der Waals surface area contributed by atoms with E-state index in [0.717, 1.165) is 6.54 Å². The predicted molar refractivity (Wildman–Crippen MR) is 65.5 cm³/mol. The van der Waals surface area contributed by atoms with Crippen LogP contribution >= 0.6 is 0 Å². The van der Waals surface area contributed by atoms with Crippen molar-refractivity contribution in [2.45, 2.75) is 32.2 Å². The van der Waals surface area contributed by atoms with Crippen molar-refractivity contribution in [3.8, 4) is 0 Å². The number of benzene rings is 1. The third-order valence-electron chi connectivity index (χ3n) is 3.13. The molecule has 15 heavy (non-hydrogen) atoms. The maximum absolute atomic E-state index is 3.62. The highest BCUT2D eigenvalue weighted by Gasteiger charge is 2.16. The molecule has 0 saturated heterocycles. The number of hydrogen-bond donors (Lipinski definition) is 2. The molecule has 2 rings (SSSR count). The second-order valence-corrected chi connectivity index (χ2v) is 4.43. The van der Waals surface area contributed by atoms with Crippen molar-refractivity contribution in [2.24, 2.45) is 0 Å². The molecule has 0 bridgehead atoms. The highest BCUT2D eigenvalue weighted by molar-refractivity contribution is 5.55. The van der Waals surface area contributed by atoms with E-state index in [4.69, 9.17) is 0 Å². The third kappa shape index (κ3) is 2.51. The zero-order valence-corrected chi connectivity index (χ0v) is 9.64. The van der Waals surface area contributed by atoms with Crippen LogP contribution in [-0.2, 0) is 6.42 Å². The van der Waals surface area contributed by atoms with Gasteiger partial charge in [0.05, 0.1) is 0 Å². The average Bonchev–Trinajstić information content (AvgIpc) is 2.26. The second-order valence-electron chi connectivity index (χ2n) is 4.43. The van der Waals surface area contributed by atoms with Crippen LogP contribution in [0.15, 0.2) is 18.2 Å². The first kappa shape index (κ1) is 10.5. The molecule has 0 saturated carbocycles. The minimum absolute atomic E-state index is 0.646. The Hall–Kier alpha value is -1.02. The van der Waals surface area contributed by atoms with Gasteiger partial charge < -0.3 is 10.6 Å². The van der Waals surface area contributed by atoms with Gasteiger partial charge in [0.2, 0.25) is 0 Å². The Morgan fingerprint density at radius 3 is 3.13 bits per heavy atom. The molecule has 0 amide bonds. The number of fused-ring (bicyclic) bond motifs is 1. The van der Waals surface area contributed by atoms with E-state index >= 15 is 0 Å². The Bertz CT molecular complexity index is 333. The molecule has 0 fully saturated rings. The van der Waals surface area contributed by atoms with Gasteiger partial charge in [0.15, 0.2) is 0 Å². The monoisotopic (exact) mass is 204 g/mol. The molecule has 0 spiro atoms. The van der Waals surface area contributed by atoms with Gasteiger partial charge in [0.25, 0.3) is 0 Å². The highest BCUT2D eigenvalue weighted by Crippen LogP contribution is 2.26. The van der Waals surface area contributed by atoms with Crippen molar-refractivity contribution < 1.29 is 0 Å². The highest BCUT2D eigenvalue weighted by atomic mass is 14.9. The number of hydrogen-bond acceptors (Lipinski definition) is 2. The molecule has 0 aliphatic carbocycles. The van der Waals surface area contributed by atoms with E-state index < -0.39 is 0 Å². The van der Waals surface area contributed by atoms with Crippen molar-refractivity contribution in [3.05, 3.63) is 29.3 Å². The van der Waals surface area contributed by atoms with Gasteiger partial charge in [-0.3, -0.25) is 0 Å². The fourth-order valence-electron chi connectivity index (χ4n) is 2.23. The van der Waals surface area contributed by atoms with Gasteiger partial charge in [-0.05, 0) is 51.4 Å². The van der Waals surface area contributed by atoms with Crippen LogP contribution in [0.3, 0.4) is 0 Å². The van der Waals surface area contributed by atoms with E-state index in [2.05, 4.69) is 35.8 Å². The van der Waals surface area contributed by atoms with Crippen molar-refractivity contribution >= 4 is 5.69 Å². The summed E-state index contributed by atoms with van der Waals surface area (Å²) in [7, 11) is 2.01. The summed E-state index contributed by atoms with van der Waals surface area (Å²) in [5.74, 6) is 0.